The number of phosphoric acid groups is 2. The van der Waals surface area contributed by atoms with Crippen LogP contribution in [-0.2, 0) is 65.4 Å². The van der Waals surface area contributed by atoms with Gasteiger partial charge in [0.15, 0.2) is 12.2 Å². The molecule has 0 bridgehead atoms. The van der Waals surface area contributed by atoms with Crippen LogP contribution in [0.4, 0.5) is 0 Å². The first-order chi connectivity index (χ1) is 50.4. The Hall–Kier alpha value is -1.94. The maximum absolute atomic E-state index is 13.1. The van der Waals surface area contributed by atoms with Gasteiger partial charge in [0.2, 0.25) is 0 Å². The van der Waals surface area contributed by atoms with E-state index in [0.29, 0.717) is 25.7 Å². The molecule has 0 rings (SSSR count). The third-order valence-corrected chi connectivity index (χ3v) is 21.9. The van der Waals surface area contributed by atoms with Gasteiger partial charge in [-0.15, -0.1) is 0 Å². The van der Waals surface area contributed by atoms with Crippen molar-refractivity contribution in [3.8, 4) is 0 Å². The van der Waals surface area contributed by atoms with Gasteiger partial charge in [0.25, 0.3) is 0 Å². The van der Waals surface area contributed by atoms with Gasteiger partial charge < -0.3 is 33.8 Å². The Labute approximate surface area is 638 Å². The molecule has 0 aliphatic heterocycles. The van der Waals surface area contributed by atoms with Crippen molar-refractivity contribution in [3.63, 3.8) is 0 Å². The second kappa shape index (κ2) is 76.4. The Morgan fingerprint density at radius 1 is 0.260 bits per heavy atom. The molecular weight excluding hydrogens is 1350 g/mol. The van der Waals surface area contributed by atoms with Gasteiger partial charge in [-0.2, -0.15) is 0 Å². The molecule has 0 fully saturated rings. The lowest BCUT2D eigenvalue weighted by atomic mass is 10.0. The van der Waals surface area contributed by atoms with Gasteiger partial charge >= 0.3 is 39.5 Å². The first kappa shape index (κ1) is 102. The van der Waals surface area contributed by atoms with Crippen molar-refractivity contribution in [1.29, 1.82) is 0 Å². The molecule has 104 heavy (non-hydrogen) atoms. The van der Waals surface area contributed by atoms with Gasteiger partial charge in [-0.1, -0.05) is 401 Å². The molecular formula is C85H166O17P2. The predicted molar refractivity (Wildman–Crippen MR) is 428 cm³/mol. The average molecular weight is 1520 g/mol. The summed E-state index contributed by atoms with van der Waals surface area (Å²) < 4.78 is 68.8. The highest BCUT2D eigenvalue weighted by Crippen LogP contribution is 2.45. The fourth-order valence-corrected chi connectivity index (χ4v) is 14.8. The van der Waals surface area contributed by atoms with Crippen LogP contribution in [0.25, 0.3) is 0 Å². The Bertz CT molecular complexity index is 1990. The number of aliphatic hydroxyl groups excluding tert-OH is 1. The van der Waals surface area contributed by atoms with Crippen molar-refractivity contribution < 1.29 is 80.2 Å². The lowest BCUT2D eigenvalue weighted by Crippen LogP contribution is -2.30. The molecule has 0 radical (unpaired) electrons. The third kappa shape index (κ3) is 78.2. The Balaban J connectivity index is 5.18. The molecule has 0 aromatic carbocycles. The molecule has 0 saturated carbocycles. The second-order valence-electron chi connectivity index (χ2n) is 31.5. The molecule has 0 aliphatic rings. The zero-order chi connectivity index (χ0) is 76.4. The molecule has 0 aromatic rings. The number of aliphatic hydroxyl groups is 1. The molecule has 0 amide bonds. The van der Waals surface area contributed by atoms with Crippen LogP contribution < -0.4 is 0 Å². The zero-order valence-corrected chi connectivity index (χ0v) is 70.1. The van der Waals surface area contributed by atoms with E-state index >= 15 is 0 Å². The molecule has 0 saturated heterocycles. The smallest absolute Gasteiger partial charge is 0.462 e. The first-order valence-electron chi connectivity index (χ1n) is 44.0. The number of unbranched alkanes of at least 4 members (excludes halogenated alkanes) is 54. The molecule has 0 aromatic heterocycles. The fraction of sp³-hybridized carbons (Fsp3) is 0.953. The van der Waals surface area contributed by atoms with Crippen molar-refractivity contribution in [2.75, 3.05) is 39.6 Å². The van der Waals surface area contributed by atoms with Gasteiger partial charge in [-0.3, -0.25) is 37.3 Å². The highest BCUT2D eigenvalue weighted by molar-refractivity contribution is 7.47. The van der Waals surface area contributed by atoms with Gasteiger partial charge in [0.1, 0.15) is 19.3 Å². The summed E-state index contributed by atoms with van der Waals surface area (Å²) in [6.45, 7) is 9.67. The van der Waals surface area contributed by atoms with Crippen LogP contribution in [-0.4, -0.2) is 96.7 Å². The molecule has 0 spiro atoms. The molecule has 19 heteroatoms. The quantitative estimate of drug-likeness (QED) is 0.0222. The minimum Gasteiger partial charge on any atom is -0.462 e. The number of esters is 4. The van der Waals surface area contributed by atoms with Crippen LogP contribution in [0.3, 0.4) is 0 Å². The van der Waals surface area contributed by atoms with Crippen molar-refractivity contribution >= 4 is 39.5 Å². The molecule has 0 heterocycles. The predicted octanol–water partition coefficient (Wildman–Crippen LogP) is 25.8. The van der Waals surface area contributed by atoms with E-state index in [1.165, 1.54) is 263 Å². The topological polar surface area (TPSA) is 237 Å². The van der Waals surface area contributed by atoms with Crippen molar-refractivity contribution in [1.82, 2.24) is 0 Å². The average Bonchev–Trinajstić information content (AvgIpc) is 0.913. The zero-order valence-electron chi connectivity index (χ0n) is 68.3. The third-order valence-electron chi connectivity index (χ3n) is 20.0. The van der Waals surface area contributed by atoms with E-state index < -0.39 is 97.5 Å². The Kier molecular flexibility index (Phi) is 75.0. The Morgan fingerprint density at radius 3 is 0.654 bits per heavy atom. The minimum atomic E-state index is -4.96. The lowest BCUT2D eigenvalue weighted by molar-refractivity contribution is -0.161. The maximum Gasteiger partial charge on any atom is 0.472 e. The molecule has 618 valence electrons. The number of hydrogen-bond acceptors (Lipinski definition) is 15. The Morgan fingerprint density at radius 2 is 0.442 bits per heavy atom. The summed E-state index contributed by atoms with van der Waals surface area (Å²) in [7, 11) is -9.92. The first-order valence-corrected chi connectivity index (χ1v) is 47.0. The van der Waals surface area contributed by atoms with Crippen LogP contribution in [0.1, 0.15) is 452 Å². The van der Waals surface area contributed by atoms with Crippen LogP contribution >= 0.6 is 15.6 Å². The molecule has 17 nitrogen and oxygen atoms in total. The van der Waals surface area contributed by atoms with Gasteiger partial charge in [0.05, 0.1) is 26.4 Å². The van der Waals surface area contributed by atoms with E-state index in [9.17, 15) is 43.2 Å². The highest BCUT2D eigenvalue weighted by Gasteiger charge is 2.30. The summed E-state index contributed by atoms with van der Waals surface area (Å²) in [5.41, 5.74) is 0. The summed E-state index contributed by atoms with van der Waals surface area (Å²) >= 11 is 0. The van der Waals surface area contributed by atoms with Crippen LogP contribution in [0, 0.1) is 11.8 Å². The summed E-state index contributed by atoms with van der Waals surface area (Å²) in [6, 6.07) is 0. The number of hydrogen-bond donors (Lipinski definition) is 3. The summed E-state index contributed by atoms with van der Waals surface area (Å²) in [6.07, 6.45) is 68.2. The van der Waals surface area contributed by atoms with Crippen LogP contribution in [0.5, 0.6) is 0 Å². The molecule has 0 aliphatic carbocycles. The number of rotatable bonds is 84. The fourth-order valence-electron chi connectivity index (χ4n) is 13.2. The molecule has 3 N–H and O–H groups in total. The van der Waals surface area contributed by atoms with E-state index in [4.69, 9.17) is 37.0 Å². The largest absolute Gasteiger partial charge is 0.472 e. The van der Waals surface area contributed by atoms with Crippen molar-refractivity contribution in [2.45, 2.75) is 471 Å². The van der Waals surface area contributed by atoms with Crippen molar-refractivity contribution in [2.24, 2.45) is 11.8 Å². The van der Waals surface area contributed by atoms with Crippen LogP contribution in [0.15, 0.2) is 0 Å². The molecule has 2 unspecified atom stereocenters. The number of carbonyl (C=O) groups is 4. The standard InChI is InChI=1S/C85H166O17P2/c1-7-9-11-13-15-17-18-19-20-21-22-23-24-25-26-31-34-40-45-51-57-63-69-84(89)102-81(74-96-83(88)68-62-56-50-44-39-33-30-28-27-29-32-37-42-47-53-59-65-77(3)4)76-100-104(93,94)98-72-79(86)71-97-103(91,92)99-75-80(73-95-82(87)67-61-55-49-16-14-12-10-8-2)101-85(90)70-64-58-52-46-41-36-35-38-43-48-54-60-66-78(5)6/h77-81,86H,7-76H2,1-6H3,(H,91,92)(H,93,94)/t79-,80+,81+/m0/s1. The summed E-state index contributed by atoms with van der Waals surface area (Å²) in [5.74, 6) is -0.518. The van der Waals surface area contributed by atoms with E-state index in [1.54, 1.807) is 0 Å². The normalized spacial score (nSPS) is 13.8. The lowest BCUT2D eigenvalue weighted by Gasteiger charge is -2.21. The van der Waals surface area contributed by atoms with Gasteiger partial charge in [-0.05, 0) is 37.5 Å². The number of carbonyl (C=O) groups excluding carboxylic acids is 4. The monoisotopic (exact) mass is 1520 g/mol. The molecule has 5 atom stereocenters. The highest BCUT2D eigenvalue weighted by atomic mass is 31.2. The maximum atomic E-state index is 13.1. The summed E-state index contributed by atoms with van der Waals surface area (Å²) in [5, 5.41) is 10.7. The van der Waals surface area contributed by atoms with Gasteiger partial charge in [0, 0.05) is 25.7 Å². The second-order valence-corrected chi connectivity index (χ2v) is 34.4. The van der Waals surface area contributed by atoms with E-state index in [2.05, 4.69) is 41.5 Å². The number of ether oxygens (including phenoxy) is 4. The van der Waals surface area contributed by atoms with Crippen molar-refractivity contribution in [3.05, 3.63) is 0 Å². The minimum absolute atomic E-state index is 0.107. The SMILES string of the molecule is CCCCCCCCCCCCCCCCCCCCCCCCC(=O)O[C@H](COC(=O)CCCCCCCCCCCCCCCCCCC(C)C)COP(=O)(O)OC[C@@H](O)COP(=O)(O)OC[C@@H](COC(=O)CCCCCCCCCC)OC(=O)CCCCCCCCCCCCCCC(C)C. The summed E-state index contributed by atoms with van der Waals surface area (Å²) in [4.78, 5) is 73.1. The van der Waals surface area contributed by atoms with Crippen LogP contribution in [0.2, 0.25) is 0 Å². The van der Waals surface area contributed by atoms with E-state index in [1.807, 2.05) is 0 Å². The van der Waals surface area contributed by atoms with E-state index in [-0.39, 0.29) is 25.7 Å². The number of phosphoric ester groups is 2. The van der Waals surface area contributed by atoms with Gasteiger partial charge in [-0.25, -0.2) is 9.13 Å². The van der Waals surface area contributed by atoms with E-state index in [0.717, 1.165) is 108 Å².